The van der Waals surface area contributed by atoms with Gasteiger partial charge in [-0.1, -0.05) is 24.3 Å². The third-order valence-electron chi connectivity index (χ3n) is 3.19. The highest BCUT2D eigenvalue weighted by atomic mass is 16.6. The Labute approximate surface area is 96.3 Å². The van der Waals surface area contributed by atoms with Crippen LogP contribution in [0.2, 0.25) is 0 Å². The summed E-state index contributed by atoms with van der Waals surface area (Å²) in [5.74, 6) is 0. The van der Waals surface area contributed by atoms with Crippen LogP contribution < -0.4 is 5.23 Å². The SMILES string of the molecule is CC(C)OB1N[C@@H]2c3ccccc3C[C@@H]2O1. The van der Waals surface area contributed by atoms with Crippen molar-refractivity contribution in [2.75, 3.05) is 0 Å². The minimum atomic E-state index is -0.247. The molecular formula is C12H16BNO2. The molecule has 1 fully saturated rings. The number of hydrogen-bond donors (Lipinski definition) is 1. The number of hydrogen-bond acceptors (Lipinski definition) is 3. The standard InChI is InChI=1S/C12H16BNO2/c1-8(2)15-13-14-12-10-6-4-3-5-9(10)7-11(12)16-13/h3-6,8,11-12,14H,7H2,1-2H3/t11-,12+/m0/s1. The molecule has 0 aromatic heterocycles. The molecule has 2 aliphatic rings. The Morgan fingerprint density at radius 1 is 1.44 bits per heavy atom. The van der Waals surface area contributed by atoms with E-state index in [9.17, 15) is 0 Å². The van der Waals surface area contributed by atoms with E-state index in [0.29, 0.717) is 6.04 Å². The van der Waals surface area contributed by atoms with E-state index < -0.39 is 0 Å². The number of rotatable bonds is 2. The third-order valence-corrected chi connectivity index (χ3v) is 3.19. The van der Waals surface area contributed by atoms with Gasteiger partial charge in [0.1, 0.15) is 0 Å². The summed E-state index contributed by atoms with van der Waals surface area (Å²) in [6.07, 6.45) is 1.42. The fourth-order valence-corrected chi connectivity index (χ4v) is 2.55. The highest BCUT2D eigenvalue weighted by molar-refractivity contribution is 6.42. The summed E-state index contributed by atoms with van der Waals surface area (Å²) < 4.78 is 11.5. The Hall–Kier alpha value is -0.835. The van der Waals surface area contributed by atoms with Gasteiger partial charge in [0.25, 0.3) is 0 Å². The molecule has 3 nitrogen and oxygen atoms in total. The van der Waals surface area contributed by atoms with Crippen LogP contribution in [0.15, 0.2) is 24.3 Å². The maximum Gasteiger partial charge on any atom is 0.555 e. The molecule has 1 heterocycles. The second-order valence-electron chi connectivity index (χ2n) is 4.74. The molecule has 16 heavy (non-hydrogen) atoms. The van der Waals surface area contributed by atoms with Crippen LogP contribution in [0.5, 0.6) is 0 Å². The van der Waals surface area contributed by atoms with Crippen LogP contribution in [0, 0.1) is 0 Å². The van der Waals surface area contributed by atoms with Crippen molar-refractivity contribution < 1.29 is 9.31 Å². The van der Waals surface area contributed by atoms with E-state index in [4.69, 9.17) is 9.31 Å². The second-order valence-corrected chi connectivity index (χ2v) is 4.74. The van der Waals surface area contributed by atoms with Gasteiger partial charge < -0.3 is 9.31 Å². The molecule has 0 bridgehead atoms. The fourth-order valence-electron chi connectivity index (χ4n) is 2.55. The molecule has 1 aromatic rings. The molecule has 1 N–H and O–H groups in total. The van der Waals surface area contributed by atoms with Gasteiger partial charge >= 0.3 is 7.25 Å². The van der Waals surface area contributed by atoms with Gasteiger partial charge in [-0.05, 0) is 31.4 Å². The van der Waals surface area contributed by atoms with Crippen molar-refractivity contribution in [2.45, 2.75) is 38.5 Å². The zero-order valence-electron chi connectivity index (χ0n) is 9.64. The van der Waals surface area contributed by atoms with Crippen LogP contribution in [0.3, 0.4) is 0 Å². The second kappa shape index (κ2) is 3.88. The topological polar surface area (TPSA) is 30.5 Å². The van der Waals surface area contributed by atoms with E-state index in [0.717, 1.165) is 6.42 Å². The van der Waals surface area contributed by atoms with Crippen LogP contribution in [0.4, 0.5) is 0 Å². The van der Waals surface area contributed by atoms with Crippen LogP contribution in [0.1, 0.15) is 31.0 Å². The van der Waals surface area contributed by atoms with E-state index in [1.807, 2.05) is 13.8 Å². The molecule has 3 rings (SSSR count). The van der Waals surface area contributed by atoms with Crippen molar-refractivity contribution in [2.24, 2.45) is 0 Å². The average Bonchev–Trinajstić information content (AvgIpc) is 2.73. The molecular weight excluding hydrogens is 201 g/mol. The minimum absolute atomic E-state index is 0.187. The maximum absolute atomic E-state index is 5.85. The largest absolute Gasteiger partial charge is 0.555 e. The van der Waals surface area contributed by atoms with Crippen molar-refractivity contribution >= 4 is 7.25 Å². The van der Waals surface area contributed by atoms with Crippen molar-refractivity contribution in [3.63, 3.8) is 0 Å². The molecule has 1 aliphatic heterocycles. The Kier molecular flexibility index (Phi) is 2.50. The molecule has 84 valence electrons. The summed E-state index contributed by atoms with van der Waals surface area (Å²) in [5.41, 5.74) is 2.76. The molecule has 0 unspecified atom stereocenters. The molecule has 1 aliphatic carbocycles. The molecule has 0 amide bonds. The van der Waals surface area contributed by atoms with Gasteiger partial charge in [-0.25, -0.2) is 0 Å². The lowest BCUT2D eigenvalue weighted by Crippen LogP contribution is -2.35. The van der Waals surface area contributed by atoms with E-state index in [1.165, 1.54) is 11.1 Å². The van der Waals surface area contributed by atoms with Crippen LogP contribution in [-0.2, 0) is 15.7 Å². The lowest BCUT2D eigenvalue weighted by atomic mass is 10.0. The highest BCUT2D eigenvalue weighted by Crippen LogP contribution is 2.37. The Morgan fingerprint density at radius 2 is 2.25 bits per heavy atom. The predicted octanol–water partition coefficient (Wildman–Crippen LogP) is 1.68. The number of benzene rings is 1. The van der Waals surface area contributed by atoms with E-state index in [1.54, 1.807) is 0 Å². The van der Waals surface area contributed by atoms with Gasteiger partial charge in [0.05, 0.1) is 12.1 Å². The molecule has 0 saturated carbocycles. The van der Waals surface area contributed by atoms with Crippen LogP contribution >= 0.6 is 0 Å². The Morgan fingerprint density at radius 3 is 3.06 bits per heavy atom. The molecule has 4 heteroatoms. The van der Waals surface area contributed by atoms with Crippen LogP contribution in [-0.4, -0.2) is 19.5 Å². The summed E-state index contributed by atoms with van der Waals surface area (Å²) >= 11 is 0. The van der Waals surface area contributed by atoms with Gasteiger partial charge in [0.15, 0.2) is 0 Å². The van der Waals surface area contributed by atoms with Gasteiger partial charge in [-0.3, -0.25) is 5.23 Å². The Bertz CT molecular complexity index is 396. The monoisotopic (exact) mass is 217 g/mol. The summed E-state index contributed by atoms with van der Waals surface area (Å²) in [5, 5.41) is 3.40. The summed E-state index contributed by atoms with van der Waals surface area (Å²) in [6, 6.07) is 8.83. The lowest BCUT2D eigenvalue weighted by Gasteiger charge is -2.12. The number of nitrogens with one attached hydrogen (secondary N) is 1. The van der Waals surface area contributed by atoms with Crippen molar-refractivity contribution in [1.82, 2.24) is 5.23 Å². The van der Waals surface area contributed by atoms with Crippen molar-refractivity contribution in [3.05, 3.63) is 35.4 Å². The molecule has 1 aromatic carbocycles. The quantitative estimate of drug-likeness (QED) is 0.764. The number of fused-ring (bicyclic) bond motifs is 3. The third kappa shape index (κ3) is 1.67. The first-order valence-electron chi connectivity index (χ1n) is 5.89. The van der Waals surface area contributed by atoms with Gasteiger partial charge in [-0.2, -0.15) is 0 Å². The highest BCUT2D eigenvalue weighted by Gasteiger charge is 2.45. The van der Waals surface area contributed by atoms with E-state index in [-0.39, 0.29) is 19.5 Å². The zero-order valence-corrected chi connectivity index (χ0v) is 9.64. The van der Waals surface area contributed by atoms with E-state index >= 15 is 0 Å². The summed E-state index contributed by atoms with van der Waals surface area (Å²) in [7, 11) is -0.247. The molecule has 2 atom stereocenters. The van der Waals surface area contributed by atoms with E-state index in [2.05, 4.69) is 29.5 Å². The first-order chi connectivity index (χ1) is 7.74. The first-order valence-corrected chi connectivity index (χ1v) is 5.89. The molecule has 0 radical (unpaired) electrons. The van der Waals surface area contributed by atoms with Crippen molar-refractivity contribution in [1.29, 1.82) is 0 Å². The van der Waals surface area contributed by atoms with Gasteiger partial charge in [-0.15, -0.1) is 0 Å². The van der Waals surface area contributed by atoms with Crippen LogP contribution in [0.25, 0.3) is 0 Å². The smallest absolute Gasteiger partial charge is 0.395 e. The average molecular weight is 217 g/mol. The fraction of sp³-hybridized carbons (Fsp3) is 0.500. The van der Waals surface area contributed by atoms with Gasteiger partial charge in [0.2, 0.25) is 0 Å². The zero-order chi connectivity index (χ0) is 11.1. The van der Waals surface area contributed by atoms with Crippen molar-refractivity contribution in [3.8, 4) is 0 Å². The first kappa shape index (κ1) is 10.3. The van der Waals surface area contributed by atoms with Gasteiger partial charge in [0, 0.05) is 6.10 Å². The minimum Gasteiger partial charge on any atom is -0.395 e. The molecule has 0 spiro atoms. The Balaban J connectivity index is 1.77. The maximum atomic E-state index is 5.85. The molecule has 1 saturated heterocycles. The lowest BCUT2D eigenvalue weighted by molar-refractivity contribution is 0.140. The normalized spacial score (nSPS) is 27.3. The summed E-state index contributed by atoms with van der Waals surface area (Å²) in [6.45, 7) is 4.04. The summed E-state index contributed by atoms with van der Waals surface area (Å²) in [4.78, 5) is 0. The predicted molar refractivity (Wildman–Crippen MR) is 62.9 cm³/mol.